The van der Waals surface area contributed by atoms with Crippen molar-refractivity contribution in [2.75, 3.05) is 36.9 Å². The van der Waals surface area contributed by atoms with E-state index in [4.69, 9.17) is 10.5 Å². The number of hydrogen-bond donors (Lipinski definition) is 1. The molecule has 1 aromatic rings. The summed E-state index contributed by atoms with van der Waals surface area (Å²) in [6.07, 6.45) is 2.41. The molecule has 2 aliphatic heterocycles. The molecule has 3 rings (SSSR count). The third kappa shape index (κ3) is 1.89. The Morgan fingerprint density at radius 2 is 1.94 bits per heavy atom. The fourth-order valence-corrected chi connectivity index (χ4v) is 2.98. The Hall–Kier alpha value is -1.22. The van der Waals surface area contributed by atoms with Crippen LogP contribution in [0.1, 0.15) is 18.4 Å². The van der Waals surface area contributed by atoms with Crippen LogP contribution in [-0.4, -0.2) is 26.3 Å². The van der Waals surface area contributed by atoms with Crippen LogP contribution in [0.15, 0.2) is 18.2 Å². The SMILES string of the molecule is Cc1ccc(N)c(N2CC3(CCOCC3)C2)c1. The van der Waals surface area contributed by atoms with Crippen molar-refractivity contribution in [3.05, 3.63) is 23.8 Å². The number of benzene rings is 1. The third-order valence-corrected chi connectivity index (χ3v) is 4.13. The minimum absolute atomic E-state index is 0.508. The van der Waals surface area contributed by atoms with E-state index >= 15 is 0 Å². The summed E-state index contributed by atoms with van der Waals surface area (Å²) in [7, 11) is 0. The van der Waals surface area contributed by atoms with Crippen molar-refractivity contribution in [3.8, 4) is 0 Å². The molecule has 0 atom stereocenters. The maximum atomic E-state index is 6.05. The summed E-state index contributed by atoms with van der Waals surface area (Å²) in [5.41, 5.74) is 9.95. The Morgan fingerprint density at radius 1 is 1.24 bits per heavy atom. The van der Waals surface area contributed by atoms with Crippen LogP contribution >= 0.6 is 0 Å². The number of aryl methyl sites for hydroxylation is 1. The lowest BCUT2D eigenvalue weighted by Gasteiger charge is -2.53. The highest BCUT2D eigenvalue weighted by Crippen LogP contribution is 2.43. The molecule has 2 saturated heterocycles. The predicted molar refractivity (Wildman–Crippen MR) is 70.3 cm³/mol. The van der Waals surface area contributed by atoms with Crippen molar-refractivity contribution in [3.63, 3.8) is 0 Å². The molecule has 2 N–H and O–H groups in total. The first kappa shape index (κ1) is 10.9. The summed E-state index contributed by atoms with van der Waals surface area (Å²) in [5.74, 6) is 0. The monoisotopic (exact) mass is 232 g/mol. The number of nitrogens with two attached hydrogens (primary N) is 1. The lowest BCUT2D eigenvalue weighted by molar-refractivity contribution is -0.000146. The summed E-state index contributed by atoms with van der Waals surface area (Å²) in [6, 6.07) is 6.28. The Bertz CT molecular complexity index is 416. The molecule has 1 spiro atoms. The highest BCUT2D eigenvalue weighted by Gasteiger charge is 2.44. The zero-order valence-corrected chi connectivity index (χ0v) is 10.4. The van der Waals surface area contributed by atoms with Crippen LogP contribution in [0.4, 0.5) is 11.4 Å². The summed E-state index contributed by atoms with van der Waals surface area (Å²) in [6.45, 7) is 6.26. The molecule has 3 nitrogen and oxygen atoms in total. The summed E-state index contributed by atoms with van der Waals surface area (Å²) >= 11 is 0. The van der Waals surface area contributed by atoms with Crippen LogP contribution < -0.4 is 10.6 Å². The van der Waals surface area contributed by atoms with Crippen molar-refractivity contribution in [2.45, 2.75) is 19.8 Å². The van der Waals surface area contributed by atoms with E-state index in [-0.39, 0.29) is 0 Å². The van der Waals surface area contributed by atoms with Crippen molar-refractivity contribution in [1.29, 1.82) is 0 Å². The Kier molecular flexibility index (Phi) is 2.51. The molecule has 3 heteroatoms. The van der Waals surface area contributed by atoms with E-state index < -0.39 is 0 Å². The molecule has 17 heavy (non-hydrogen) atoms. The normalized spacial score (nSPS) is 22.5. The van der Waals surface area contributed by atoms with Gasteiger partial charge in [0.25, 0.3) is 0 Å². The number of nitrogen functional groups attached to an aromatic ring is 1. The van der Waals surface area contributed by atoms with E-state index in [9.17, 15) is 0 Å². The second-order valence-electron chi connectivity index (χ2n) is 5.53. The van der Waals surface area contributed by atoms with Crippen LogP contribution in [0.2, 0.25) is 0 Å². The molecular formula is C14H20N2O. The summed E-state index contributed by atoms with van der Waals surface area (Å²) < 4.78 is 5.44. The fourth-order valence-electron chi connectivity index (χ4n) is 2.98. The van der Waals surface area contributed by atoms with Crippen molar-refractivity contribution >= 4 is 11.4 Å². The quantitative estimate of drug-likeness (QED) is 0.754. The van der Waals surface area contributed by atoms with Crippen molar-refractivity contribution in [2.24, 2.45) is 5.41 Å². The molecule has 0 aliphatic carbocycles. The largest absolute Gasteiger partial charge is 0.397 e. The number of ether oxygens (including phenoxy) is 1. The standard InChI is InChI=1S/C14H20N2O/c1-11-2-3-12(15)13(8-11)16-9-14(10-16)4-6-17-7-5-14/h2-3,8H,4-7,9-10,15H2,1H3. The predicted octanol–water partition coefficient (Wildman–Crippen LogP) is 2.19. The third-order valence-electron chi connectivity index (χ3n) is 4.13. The van der Waals surface area contributed by atoms with Crippen LogP contribution in [0.5, 0.6) is 0 Å². The average Bonchev–Trinajstić information content (AvgIpc) is 2.30. The van der Waals surface area contributed by atoms with Gasteiger partial charge in [0.2, 0.25) is 0 Å². The molecule has 0 radical (unpaired) electrons. The highest BCUT2D eigenvalue weighted by atomic mass is 16.5. The zero-order chi connectivity index (χ0) is 11.9. The molecule has 2 aliphatic rings. The van der Waals surface area contributed by atoms with Gasteiger partial charge in [0, 0.05) is 31.7 Å². The molecule has 0 amide bonds. The fraction of sp³-hybridized carbons (Fsp3) is 0.571. The van der Waals surface area contributed by atoms with Gasteiger partial charge < -0.3 is 15.4 Å². The molecule has 0 saturated carbocycles. The van der Waals surface area contributed by atoms with E-state index in [0.29, 0.717) is 5.41 Å². The molecule has 2 fully saturated rings. The Morgan fingerprint density at radius 3 is 2.65 bits per heavy atom. The average molecular weight is 232 g/mol. The topological polar surface area (TPSA) is 38.5 Å². The lowest BCUT2D eigenvalue weighted by atomic mass is 9.73. The van der Waals surface area contributed by atoms with Gasteiger partial charge in [0.1, 0.15) is 0 Å². The molecule has 0 aromatic heterocycles. The lowest BCUT2D eigenvalue weighted by Crippen LogP contribution is -2.58. The first-order chi connectivity index (χ1) is 8.19. The number of hydrogen-bond acceptors (Lipinski definition) is 3. The molecule has 1 aromatic carbocycles. The van der Waals surface area contributed by atoms with Gasteiger partial charge in [-0.15, -0.1) is 0 Å². The number of anilines is 2. The zero-order valence-electron chi connectivity index (χ0n) is 10.4. The van der Waals surface area contributed by atoms with Crippen molar-refractivity contribution in [1.82, 2.24) is 0 Å². The molecule has 0 bridgehead atoms. The van der Waals surface area contributed by atoms with E-state index in [1.807, 2.05) is 6.07 Å². The van der Waals surface area contributed by atoms with Gasteiger partial charge >= 0.3 is 0 Å². The van der Waals surface area contributed by atoms with Gasteiger partial charge in [-0.3, -0.25) is 0 Å². The Balaban J connectivity index is 1.74. The summed E-state index contributed by atoms with van der Waals surface area (Å²) in [4.78, 5) is 2.41. The van der Waals surface area contributed by atoms with Gasteiger partial charge in [0.15, 0.2) is 0 Å². The van der Waals surface area contributed by atoms with Gasteiger partial charge in [-0.2, -0.15) is 0 Å². The van der Waals surface area contributed by atoms with E-state index in [0.717, 1.165) is 32.0 Å². The maximum Gasteiger partial charge on any atom is 0.0602 e. The minimum Gasteiger partial charge on any atom is -0.397 e. The van der Waals surface area contributed by atoms with Crippen LogP contribution in [0, 0.1) is 12.3 Å². The molecule has 0 unspecified atom stereocenters. The summed E-state index contributed by atoms with van der Waals surface area (Å²) in [5, 5.41) is 0. The number of nitrogens with zero attached hydrogens (tertiary/aromatic N) is 1. The van der Waals surface area contributed by atoms with Crippen LogP contribution in [0.3, 0.4) is 0 Å². The highest BCUT2D eigenvalue weighted by molar-refractivity contribution is 5.69. The first-order valence-electron chi connectivity index (χ1n) is 6.37. The molecule has 2 heterocycles. The molecular weight excluding hydrogens is 212 g/mol. The van der Waals surface area contributed by atoms with Gasteiger partial charge in [-0.05, 0) is 37.5 Å². The van der Waals surface area contributed by atoms with Crippen LogP contribution in [0.25, 0.3) is 0 Å². The molecule has 92 valence electrons. The van der Waals surface area contributed by atoms with Gasteiger partial charge in [-0.25, -0.2) is 0 Å². The second kappa shape index (κ2) is 3.91. The van der Waals surface area contributed by atoms with E-state index in [2.05, 4.69) is 24.0 Å². The van der Waals surface area contributed by atoms with E-state index in [1.165, 1.54) is 24.1 Å². The Labute approximate surface area is 103 Å². The second-order valence-corrected chi connectivity index (χ2v) is 5.53. The van der Waals surface area contributed by atoms with Crippen LogP contribution in [-0.2, 0) is 4.74 Å². The smallest absolute Gasteiger partial charge is 0.0602 e. The minimum atomic E-state index is 0.508. The van der Waals surface area contributed by atoms with Crippen molar-refractivity contribution < 1.29 is 4.74 Å². The van der Waals surface area contributed by atoms with Gasteiger partial charge in [-0.1, -0.05) is 6.07 Å². The maximum absolute atomic E-state index is 6.05. The van der Waals surface area contributed by atoms with Gasteiger partial charge in [0.05, 0.1) is 11.4 Å². The number of rotatable bonds is 1. The van der Waals surface area contributed by atoms with E-state index in [1.54, 1.807) is 0 Å². The first-order valence-corrected chi connectivity index (χ1v) is 6.37.